The summed E-state index contributed by atoms with van der Waals surface area (Å²) in [6, 6.07) is 22.1. The van der Waals surface area contributed by atoms with Crippen molar-refractivity contribution >= 4 is 43.9 Å². The molecule has 1 unspecified atom stereocenters. The summed E-state index contributed by atoms with van der Waals surface area (Å²) >= 11 is 6.30. The molecule has 0 saturated carbocycles. The Balaban J connectivity index is 1.51. The molecule has 2 aliphatic carbocycles. The molecule has 0 amide bonds. The van der Waals surface area contributed by atoms with E-state index >= 15 is 0 Å². The Labute approximate surface area is 175 Å². The highest BCUT2D eigenvalue weighted by atomic mass is 35.5. The van der Waals surface area contributed by atoms with Crippen LogP contribution in [0.25, 0.3) is 32.3 Å². The van der Waals surface area contributed by atoms with E-state index in [1.54, 1.807) is 0 Å². The van der Waals surface area contributed by atoms with Gasteiger partial charge in [0, 0.05) is 10.9 Å². The second-order valence-corrected chi connectivity index (χ2v) is 8.67. The quantitative estimate of drug-likeness (QED) is 0.285. The molecular formula is C28H21Cl. The van der Waals surface area contributed by atoms with Gasteiger partial charge in [-0.25, -0.2) is 0 Å². The van der Waals surface area contributed by atoms with E-state index in [2.05, 4.69) is 78.9 Å². The number of rotatable bonds is 1. The largest absolute Gasteiger partial charge is 0.0843 e. The standard InChI is InChI=1S/C28H21Cl/c29-24-12-9-20-11-13-25-26(28(20)17-24)14-10-19-6-8-23(16-27(19)25)22-7-5-18-3-1-2-4-21(18)15-22/h2,4-14,16-17,22H,1,3,15H2. The SMILES string of the molecule is Clc1ccc2ccc3c4cc(C5C=CC6=C(C=CCC6)C5)ccc4ccc3c2c1. The number of hydrogen-bond donors (Lipinski definition) is 0. The third-order valence-electron chi connectivity index (χ3n) is 6.53. The van der Waals surface area contributed by atoms with Crippen molar-refractivity contribution in [2.24, 2.45) is 0 Å². The van der Waals surface area contributed by atoms with Gasteiger partial charge in [0.05, 0.1) is 0 Å². The lowest BCUT2D eigenvalue weighted by atomic mass is 9.81. The fourth-order valence-corrected chi connectivity index (χ4v) is 5.15. The lowest BCUT2D eigenvalue weighted by molar-refractivity contribution is 0.792. The molecular weight excluding hydrogens is 372 g/mol. The average molecular weight is 393 g/mol. The van der Waals surface area contributed by atoms with E-state index in [-0.39, 0.29) is 0 Å². The van der Waals surface area contributed by atoms with Crippen LogP contribution in [0.1, 0.15) is 30.7 Å². The van der Waals surface area contributed by atoms with Crippen LogP contribution in [-0.4, -0.2) is 0 Å². The van der Waals surface area contributed by atoms with Crippen LogP contribution in [0.4, 0.5) is 0 Å². The first-order valence-corrected chi connectivity index (χ1v) is 10.8. The zero-order valence-corrected chi connectivity index (χ0v) is 16.9. The van der Waals surface area contributed by atoms with Crippen LogP contribution in [0.15, 0.2) is 96.1 Å². The van der Waals surface area contributed by atoms with Gasteiger partial charge in [-0.1, -0.05) is 78.4 Å². The predicted molar refractivity (Wildman–Crippen MR) is 126 cm³/mol. The van der Waals surface area contributed by atoms with Crippen LogP contribution in [0, 0.1) is 0 Å². The highest BCUT2D eigenvalue weighted by Crippen LogP contribution is 2.38. The van der Waals surface area contributed by atoms with Crippen LogP contribution in [0.3, 0.4) is 0 Å². The first-order chi connectivity index (χ1) is 14.3. The van der Waals surface area contributed by atoms with Crippen LogP contribution in [-0.2, 0) is 0 Å². The second kappa shape index (κ2) is 6.61. The third kappa shape index (κ3) is 2.82. The Morgan fingerprint density at radius 3 is 2.24 bits per heavy atom. The van der Waals surface area contributed by atoms with E-state index in [0.717, 1.165) is 11.4 Å². The van der Waals surface area contributed by atoms with Gasteiger partial charge < -0.3 is 0 Å². The predicted octanol–water partition coefficient (Wildman–Crippen LogP) is 8.49. The highest BCUT2D eigenvalue weighted by molar-refractivity contribution is 6.32. The molecule has 0 radical (unpaired) electrons. The number of benzene rings is 4. The summed E-state index contributed by atoms with van der Waals surface area (Å²) in [5, 5.41) is 8.44. The summed E-state index contributed by atoms with van der Waals surface area (Å²) in [7, 11) is 0. The van der Waals surface area contributed by atoms with Crippen LogP contribution in [0.5, 0.6) is 0 Å². The van der Waals surface area contributed by atoms with E-state index in [4.69, 9.17) is 11.6 Å². The first-order valence-electron chi connectivity index (χ1n) is 10.4. The molecule has 1 atom stereocenters. The van der Waals surface area contributed by atoms with Crippen molar-refractivity contribution in [3.05, 3.63) is 107 Å². The molecule has 0 aromatic heterocycles. The first kappa shape index (κ1) is 17.1. The minimum Gasteiger partial charge on any atom is -0.0843 e. The van der Waals surface area contributed by atoms with Gasteiger partial charge in [-0.05, 0) is 86.5 Å². The van der Waals surface area contributed by atoms with Crippen molar-refractivity contribution < 1.29 is 0 Å². The lowest BCUT2D eigenvalue weighted by Crippen LogP contribution is -2.05. The van der Waals surface area contributed by atoms with Crippen molar-refractivity contribution in [3.63, 3.8) is 0 Å². The molecule has 0 heterocycles. The fraction of sp³-hybridized carbons (Fsp3) is 0.143. The van der Waals surface area contributed by atoms with Gasteiger partial charge in [0.2, 0.25) is 0 Å². The number of allylic oxidation sites excluding steroid dienone is 6. The van der Waals surface area contributed by atoms with Gasteiger partial charge >= 0.3 is 0 Å². The summed E-state index contributed by atoms with van der Waals surface area (Å²) in [6.45, 7) is 0. The third-order valence-corrected chi connectivity index (χ3v) is 6.77. The molecule has 0 nitrogen and oxygen atoms in total. The van der Waals surface area contributed by atoms with Crippen LogP contribution >= 0.6 is 11.6 Å². The van der Waals surface area contributed by atoms with Crippen molar-refractivity contribution in [1.82, 2.24) is 0 Å². The maximum atomic E-state index is 6.30. The molecule has 29 heavy (non-hydrogen) atoms. The van der Waals surface area contributed by atoms with Crippen LogP contribution < -0.4 is 0 Å². The Bertz CT molecular complexity index is 1380. The lowest BCUT2D eigenvalue weighted by Gasteiger charge is -2.23. The fourth-order valence-electron chi connectivity index (χ4n) is 4.97. The van der Waals surface area contributed by atoms with Gasteiger partial charge in [-0.15, -0.1) is 0 Å². The van der Waals surface area contributed by atoms with E-state index < -0.39 is 0 Å². The zero-order valence-electron chi connectivity index (χ0n) is 16.2. The number of hydrogen-bond acceptors (Lipinski definition) is 0. The Hall–Kier alpha value is -2.83. The van der Waals surface area contributed by atoms with Crippen molar-refractivity contribution in [1.29, 1.82) is 0 Å². The molecule has 2 aliphatic rings. The molecule has 140 valence electrons. The molecule has 0 N–H and O–H groups in total. The minimum atomic E-state index is 0.450. The molecule has 0 saturated heterocycles. The van der Waals surface area contributed by atoms with Gasteiger partial charge in [-0.2, -0.15) is 0 Å². The maximum absolute atomic E-state index is 6.30. The Kier molecular flexibility index (Phi) is 3.89. The van der Waals surface area contributed by atoms with Crippen LogP contribution in [0.2, 0.25) is 5.02 Å². The van der Waals surface area contributed by atoms with Crippen molar-refractivity contribution in [3.8, 4) is 0 Å². The molecule has 0 fully saturated rings. The summed E-state index contributed by atoms with van der Waals surface area (Å²) in [4.78, 5) is 0. The van der Waals surface area contributed by atoms with E-state index in [0.29, 0.717) is 5.92 Å². The molecule has 4 aromatic carbocycles. The van der Waals surface area contributed by atoms with E-state index in [1.807, 2.05) is 6.07 Å². The van der Waals surface area contributed by atoms with Crippen molar-refractivity contribution in [2.75, 3.05) is 0 Å². The van der Waals surface area contributed by atoms with Gasteiger partial charge in [0.1, 0.15) is 0 Å². The average Bonchev–Trinajstić information content (AvgIpc) is 2.78. The zero-order chi connectivity index (χ0) is 19.4. The molecule has 0 bridgehead atoms. The molecule has 6 rings (SSSR count). The van der Waals surface area contributed by atoms with Gasteiger partial charge in [-0.3, -0.25) is 0 Å². The maximum Gasteiger partial charge on any atom is 0.0412 e. The molecule has 1 heteroatoms. The topological polar surface area (TPSA) is 0 Å². The summed E-state index contributed by atoms with van der Waals surface area (Å²) in [6.07, 6.45) is 12.9. The Morgan fingerprint density at radius 2 is 1.41 bits per heavy atom. The summed E-state index contributed by atoms with van der Waals surface area (Å²) < 4.78 is 0. The van der Waals surface area contributed by atoms with Gasteiger partial charge in [0.15, 0.2) is 0 Å². The van der Waals surface area contributed by atoms with Gasteiger partial charge in [0.25, 0.3) is 0 Å². The molecule has 4 aromatic rings. The minimum absolute atomic E-state index is 0.450. The summed E-state index contributed by atoms with van der Waals surface area (Å²) in [5.74, 6) is 0.450. The summed E-state index contributed by atoms with van der Waals surface area (Å²) in [5.41, 5.74) is 4.44. The molecule has 0 aliphatic heterocycles. The number of halogens is 1. The second-order valence-electron chi connectivity index (χ2n) is 8.23. The number of fused-ring (bicyclic) bond motifs is 5. The van der Waals surface area contributed by atoms with E-state index in [1.165, 1.54) is 61.9 Å². The smallest absolute Gasteiger partial charge is 0.0412 e. The monoisotopic (exact) mass is 392 g/mol. The van der Waals surface area contributed by atoms with E-state index in [9.17, 15) is 0 Å². The molecule has 0 spiro atoms. The van der Waals surface area contributed by atoms with Crippen molar-refractivity contribution in [2.45, 2.75) is 25.2 Å². The highest BCUT2D eigenvalue weighted by Gasteiger charge is 2.18. The Morgan fingerprint density at radius 1 is 0.690 bits per heavy atom. The normalized spacial score (nSPS) is 18.7.